The molecule has 6 heteroatoms. The maximum absolute atomic E-state index is 12.9. The number of amides is 1. The summed E-state index contributed by atoms with van der Waals surface area (Å²) in [6.45, 7) is 3.86. The highest BCUT2D eigenvalue weighted by Gasteiger charge is 2.27. The quantitative estimate of drug-likeness (QED) is 0.881. The molecule has 2 aliphatic heterocycles. The second-order valence-electron chi connectivity index (χ2n) is 7.14. The summed E-state index contributed by atoms with van der Waals surface area (Å²) in [6.07, 6.45) is 4.70. The fourth-order valence-electron chi connectivity index (χ4n) is 3.82. The highest BCUT2D eigenvalue weighted by molar-refractivity contribution is 5.92. The van der Waals surface area contributed by atoms with Gasteiger partial charge in [0, 0.05) is 25.4 Å². The van der Waals surface area contributed by atoms with E-state index in [0.29, 0.717) is 31.3 Å². The number of nitrogens with zero attached hydrogens (tertiary/aromatic N) is 2. The highest BCUT2D eigenvalue weighted by Crippen LogP contribution is 2.23. The average Bonchev–Trinajstić information content (AvgIpc) is 3.19. The summed E-state index contributed by atoms with van der Waals surface area (Å²) in [6, 6.07) is 10.3. The largest absolute Gasteiger partial charge is 0.374 e. The van der Waals surface area contributed by atoms with Gasteiger partial charge in [-0.05, 0) is 31.5 Å². The Morgan fingerprint density at radius 2 is 2.04 bits per heavy atom. The maximum Gasteiger partial charge on any atom is 0.272 e. The molecule has 2 fully saturated rings. The molecule has 0 saturated carbocycles. The zero-order valence-corrected chi connectivity index (χ0v) is 15.0. The van der Waals surface area contributed by atoms with Gasteiger partial charge in [-0.2, -0.15) is 0 Å². The van der Waals surface area contributed by atoms with E-state index >= 15 is 0 Å². The molecule has 2 saturated heterocycles. The van der Waals surface area contributed by atoms with Gasteiger partial charge in [0.05, 0.1) is 18.9 Å². The Morgan fingerprint density at radius 3 is 2.85 bits per heavy atom. The molecule has 1 amide bonds. The van der Waals surface area contributed by atoms with Crippen molar-refractivity contribution in [3.05, 3.63) is 53.6 Å². The number of hydrogen-bond donors (Lipinski definition) is 2. The highest BCUT2D eigenvalue weighted by atomic mass is 16.5. The zero-order valence-electron chi connectivity index (χ0n) is 15.0. The lowest BCUT2D eigenvalue weighted by atomic mass is 9.98. The van der Waals surface area contributed by atoms with Crippen molar-refractivity contribution in [2.45, 2.75) is 31.3 Å². The number of hydrogen-bond acceptors (Lipinski definition) is 4. The number of nitrogens with one attached hydrogen (secondary N) is 2. The molecule has 0 spiro atoms. The Labute approximate surface area is 154 Å². The van der Waals surface area contributed by atoms with E-state index in [1.54, 1.807) is 6.20 Å². The number of morpholine rings is 1. The number of rotatable bonds is 4. The summed E-state index contributed by atoms with van der Waals surface area (Å²) in [7, 11) is 0. The first kappa shape index (κ1) is 17.2. The Hall–Kier alpha value is -2.18. The van der Waals surface area contributed by atoms with Crippen LogP contribution in [0.4, 0.5) is 0 Å². The first-order valence-corrected chi connectivity index (χ1v) is 9.50. The van der Waals surface area contributed by atoms with Crippen LogP contribution in [-0.4, -0.2) is 59.7 Å². The van der Waals surface area contributed by atoms with Crippen molar-refractivity contribution in [3.63, 3.8) is 0 Å². The van der Waals surface area contributed by atoms with Crippen LogP contribution in [0.1, 0.15) is 40.6 Å². The number of piperidine rings is 1. The van der Waals surface area contributed by atoms with E-state index in [1.807, 2.05) is 23.1 Å². The molecule has 1 atom stereocenters. The average molecular weight is 354 g/mol. The van der Waals surface area contributed by atoms with Crippen molar-refractivity contribution in [1.29, 1.82) is 0 Å². The van der Waals surface area contributed by atoms with Crippen molar-refractivity contribution in [2.75, 3.05) is 32.8 Å². The molecule has 0 bridgehead atoms. The number of H-pyrrole nitrogens is 1. The van der Waals surface area contributed by atoms with Crippen LogP contribution >= 0.6 is 0 Å². The van der Waals surface area contributed by atoms with Crippen LogP contribution in [0.15, 0.2) is 36.5 Å². The van der Waals surface area contributed by atoms with Crippen LogP contribution in [0.5, 0.6) is 0 Å². The topological polar surface area (TPSA) is 70.2 Å². The molecule has 1 unspecified atom stereocenters. The Balaban J connectivity index is 1.38. The van der Waals surface area contributed by atoms with Crippen molar-refractivity contribution in [2.24, 2.45) is 0 Å². The zero-order chi connectivity index (χ0) is 17.8. The number of aromatic nitrogens is 2. The number of carbonyl (C=O) groups excluding carboxylic acids is 1. The van der Waals surface area contributed by atoms with Crippen LogP contribution in [0.25, 0.3) is 0 Å². The molecule has 0 aliphatic carbocycles. The minimum atomic E-state index is 0.0269. The number of imidazole rings is 1. The maximum atomic E-state index is 12.9. The fraction of sp³-hybridized carbons (Fsp3) is 0.500. The summed E-state index contributed by atoms with van der Waals surface area (Å²) >= 11 is 0. The van der Waals surface area contributed by atoms with Gasteiger partial charge in [-0.25, -0.2) is 4.98 Å². The van der Waals surface area contributed by atoms with Crippen LogP contribution in [0.3, 0.4) is 0 Å². The normalized spacial score (nSPS) is 21.7. The van der Waals surface area contributed by atoms with E-state index in [0.717, 1.165) is 38.2 Å². The van der Waals surface area contributed by atoms with Crippen molar-refractivity contribution in [1.82, 2.24) is 20.2 Å². The molecule has 1 aromatic heterocycles. The lowest BCUT2D eigenvalue weighted by Gasteiger charge is -2.32. The van der Waals surface area contributed by atoms with E-state index in [2.05, 4.69) is 27.4 Å². The van der Waals surface area contributed by atoms with Crippen molar-refractivity contribution in [3.8, 4) is 0 Å². The summed E-state index contributed by atoms with van der Waals surface area (Å²) in [5, 5.41) is 3.36. The number of ether oxygens (including phenoxy) is 1. The minimum Gasteiger partial charge on any atom is -0.374 e. The third kappa shape index (κ3) is 3.97. The predicted molar refractivity (Wildman–Crippen MR) is 99.2 cm³/mol. The van der Waals surface area contributed by atoms with Gasteiger partial charge >= 0.3 is 0 Å². The van der Waals surface area contributed by atoms with E-state index < -0.39 is 0 Å². The van der Waals surface area contributed by atoms with Gasteiger partial charge in [-0.15, -0.1) is 0 Å². The number of carbonyl (C=O) groups is 1. The summed E-state index contributed by atoms with van der Waals surface area (Å²) in [4.78, 5) is 22.5. The molecular weight excluding hydrogens is 328 g/mol. The van der Waals surface area contributed by atoms with E-state index in [9.17, 15) is 4.79 Å². The number of aromatic amines is 1. The van der Waals surface area contributed by atoms with Gasteiger partial charge in [0.15, 0.2) is 0 Å². The second-order valence-corrected chi connectivity index (χ2v) is 7.14. The molecule has 26 heavy (non-hydrogen) atoms. The molecular formula is C20H26N4O2. The molecule has 0 radical (unpaired) electrons. The van der Waals surface area contributed by atoms with Crippen molar-refractivity contribution < 1.29 is 9.53 Å². The standard InChI is InChI=1S/C20H26N4O2/c25-20(18-13-22-19(23-18)16-6-8-21-9-7-16)24-10-11-26-17(14-24)12-15-4-2-1-3-5-15/h1-5,13,16-17,21H,6-12,14H2,(H,22,23). The van der Waals surface area contributed by atoms with Gasteiger partial charge in [-0.3, -0.25) is 4.79 Å². The van der Waals surface area contributed by atoms with E-state index in [4.69, 9.17) is 4.74 Å². The van der Waals surface area contributed by atoms with Gasteiger partial charge in [0.25, 0.3) is 5.91 Å². The third-order valence-electron chi connectivity index (χ3n) is 5.28. The first-order valence-electron chi connectivity index (χ1n) is 9.50. The molecule has 1 aromatic carbocycles. The smallest absolute Gasteiger partial charge is 0.272 e. The van der Waals surface area contributed by atoms with Gasteiger partial charge in [-0.1, -0.05) is 30.3 Å². The molecule has 2 aromatic rings. The van der Waals surface area contributed by atoms with Gasteiger partial charge < -0.3 is 19.9 Å². The SMILES string of the molecule is O=C(c1cnc(C2CCNCC2)[nH]1)N1CCOC(Cc2ccccc2)C1. The summed E-state index contributed by atoms with van der Waals surface area (Å²) < 4.78 is 5.87. The minimum absolute atomic E-state index is 0.0269. The van der Waals surface area contributed by atoms with Gasteiger partial charge in [0.1, 0.15) is 11.5 Å². The second kappa shape index (κ2) is 8.01. The van der Waals surface area contributed by atoms with Crippen LogP contribution in [-0.2, 0) is 11.2 Å². The number of benzene rings is 1. The predicted octanol–water partition coefficient (Wildman–Crippen LogP) is 1.96. The van der Waals surface area contributed by atoms with Crippen LogP contribution in [0.2, 0.25) is 0 Å². The molecule has 2 aliphatic rings. The molecule has 6 nitrogen and oxygen atoms in total. The molecule has 138 valence electrons. The summed E-state index contributed by atoms with van der Waals surface area (Å²) in [5.74, 6) is 1.40. The Morgan fingerprint density at radius 1 is 1.23 bits per heavy atom. The first-order chi connectivity index (χ1) is 12.8. The Kier molecular flexibility index (Phi) is 5.32. The third-order valence-corrected chi connectivity index (χ3v) is 5.28. The molecule has 2 N–H and O–H groups in total. The van der Waals surface area contributed by atoms with Crippen molar-refractivity contribution >= 4 is 5.91 Å². The van der Waals surface area contributed by atoms with Crippen LogP contribution < -0.4 is 5.32 Å². The van der Waals surface area contributed by atoms with E-state index in [1.165, 1.54) is 5.56 Å². The monoisotopic (exact) mass is 354 g/mol. The lowest BCUT2D eigenvalue weighted by Crippen LogP contribution is -2.46. The molecule has 3 heterocycles. The Bertz CT molecular complexity index is 724. The van der Waals surface area contributed by atoms with Gasteiger partial charge in [0.2, 0.25) is 0 Å². The van der Waals surface area contributed by atoms with Crippen LogP contribution in [0, 0.1) is 0 Å². The molecule has 4 rings (SSSR count). The fourth-order valence-corrected chi connectivity index (χ4v) is 3.82. The lowest BCUT2D eigenvalue weighted by molar-refractivity contribution is -0.0210. The summed E-state index contributed by atoms with van der Waals surface area (Å²) in [5.41, 5.74) is 1.83. The van der Waals surface area contributed by atoms with E-state index in [-0.39, 0.29) is 12.0 Å².